The number of morpholine rings is 1. The summed E-state index contributed by atoms with van der Waals surface area (Å²) in [5, 5.41) is 9.02. The molecule has 0 saturated carbocycles. The predicted molar refractivity (Wildman–Crippen MR) is 80.5 cm³/mol. The van der Waals surface area contributed by atoms with Crippen LogP contribution in [0.3, 0.4) is 0 Å². The molecule has 0 bridgehead atoms. The second-order valence-corrected chi connectivity index (χ2v) is 7.17. The molecule has 18 heavy (non-hydrogen) atoms. The topological polar surface area (TPSA) is 33.3 Å². The van der Waals surface area contributed by atoms with Crippen molar-refractivity contribution in [3.05, 3.63) is 20.8 Å². The summed E-state index contributed by atoms with van der Waals surface area (Å²) >= 11 is 5.33. The van der Waals surface area contributed by atoms with Gasteiger partial charge >= 0.3 is 0 Å². The van der Waals surface area contributed by atoms with Crippen molar-refractivity contribution in [3.63, 3.8) is 0 Å². The lowest BCUT2D eigenvalue weighted by atomic mass is 9.91. The zero-order chi connectivity index (χ0) is 13.0. The van der Waals surface area contributed by atoms with Crippen molar-refractivity contribution in [3.8, 4) is 0 Å². The van der Waals surface area contributed by atoms with E-state index in [1.807, 2.05) is 11.3 Å². The van der Waals surface area contributed by atoms with Crippen molar-refractivity contribution >= 4 is 27.3 Å². The first-order valence-corrected chi connectivity index (χ1v) is 8.03. The Morgan fingerprint density at radius 1 is 1.61 bits per heavy atom. The Balaban J connectivity index is 1.78. The average molecular weight is 333 g/mol. The normalized spacial score (nSPS) is 21.2. The molecular weight excluding hydrogens is 312 g/mol. The quantitative estimate of drug-likeness (QED) is 0.868. The molecule has 1 fully saturated rings. The maximum Gasteiger partial charge on any atom is 0.0824 e. The molecule has 0 aliphatic carbocycles. The maximum absolute atomic E-state index is 5.67. The molecule has 0 spiro atoms. The monoisotopic (exact) mass is 332 g/mol. The van der Waals surface area contributed by atoms with Crippen molar-refractivity contribution in [1.82, 2.24) is 10.6 Å². The summed E-state index contributed by atoms with van der Waals surface area (Å²) in [4.78, 5) is 1.41. The zero-order valence-corrected chi connectivity index (χ0v) is 13.4. The number of halogens is 1. The highest BCUT2D eigenvalue weighted by molar-refractivity contribution is 9.10. The summed E-state index contributed by atoms with van der Waals surface area (Å²) in [6.07, 6.45) is 0.310. The number of hydrogen-bond donors (Lipinski definition) is 2. The molecular formula is C13H21BrN2OS. The standard InChI is InChI=1S/C13H21BrN2OS/c1-13(2,12-5-10(14)8-18-12)9-16-7-11-6-15-3-4-17-11/h5,8,11,15-16H,3-4,6-7,9H2,1-2H3. The summed E-state index contributed by atoms with van der Waals surface area (Å²) < 4.78 is 6.85. The van der Waals surface area contributed by atoms with Gasteiger partial charge in [0.05, 0.1) is 12.7 Å². The molecule has 1 unspecified atom stereocenters. The molecule has 1 atom stereocenters. The van der Waals surface area contributed by atoms with E-state index in [-0.39, 0.29) is 5.41 Å². The third-order valence-corrected chi connectivity index (χ3v) is 5.23. The zero-order valence-electron chi connectivity index (χ0n) is 11.0. The molecule has 2 rings (SSSR count). The van der Waals surface area contributed by atoms with Gasteiger partial charge in [-0.3, -0.25) is 0 Å². The molecule has 1 aliphatic heterocycles. The summed E-state index contributed by atoms with van der Waals surface area (Å²) in [6.45, 7) is 9.20. The van der Waals surface area contributed by atoms with E-state index in [0.717, 1.165) is 32.8 Å². The molecule has 3 nitrogen and oxygen atoms in total. The SMILES string of the molecule is CC(C)(CNCC1CNCCO1)c1cc(Br)cs1. The van der Waals surface area contributed by atoms with Crippen LogP contribution in [0.25, 0.3) is 0 Å². The van der Waals surface area contributed by atoms with Crippen LogP contribution < -0.4 is 10.6 Å². The van der Waals surface area contributed by atoms with Crippen molar-refractivity contribution in [1.29, 1.82) is 0 Å². The van der Waals surface area contributed by atoms with Gasteiger partial charge in [0.2, 0.25) is 0 Å². The summed E-state index contributed by atoms with van der Waals surface area (Å²) in [7, 11) is 0. The van der Waals surface area contributed by atoms with Gasteiger partial charge < -0.3 is 15.4 Å². The van der Waals surface area contributed by atoms with Crippen molar-refractivity contribution in [2.75, 3.05) is 32.8 Å². The molecule has 2 N–H and O–H groups in total. The molecule has 102 valence electrons. The summed E-state index contributed by atoms with van der Waals surface area (Å²) in [5.74, 6) is 0. The highest BCUT2D eigenvalue weighted by atomic mass is 79.9. The maximum atomic E-state index is 5.67. The second-order valence-electron chi connectivity index (χ2n) is 5.34. The molecule has 0 aromatic carbocycles. The highest BCUT2D eigenvalue weighted by Crippen LogP contribution is 2.30. The summed E-state index contributed by atoms with van der Waals surface area (Å²) in [5.41, 5.74) is 0.165. The van der Waals surface area contributed by atoms with Crippen molar-refractivity contribution in [2.24, 2.45) is 0 Å². The lowest BCUT2D eigenvalue weighted by molar-refractivity contribution is 0.0287. The van der Waals surface area contributed by atoms with Crippen molar-refractivity contribution < 1.29 is 4.74 Å². The van der Waals surface area contributed by atoms with E-state index in [9.17, 15) is 0 Å². The largest absolute Gasteiger partial charge is 0.374 e. The number of nitrogens with one attached hydrogen (secondary N) is 2. The Morgan fingerprint density at radius 2 is 2.44 bits per heavy atom. The first kappa shape index (κ1) is 14.5. The van der Waals surface area contributed by atoms with Gasteiger partial charge in [0.15, 0.2) is 0 Å². The van der Waals surface area contributed by atoms with Crippen LogP contribution in [0.5, 0.6) is 0 Å². The van der Waals surface area contributed by atoms with Crippen LogP contribution in [0.4, 0.5) is 0 Å². The Morgan fingerprint density at radius 3 is 3.06 bits per heavy atom. The van der Waals surface area contributed by atoms with Gasteiger partial charge in [-0.15, -0.1) is 11.3 Å². The number of hydrogen-bond acceptors (Lipinski definition) is 4. The van der Waals surface area contributed by atoms with Crippen molar-refractivity contribution in [2.45, 2.75) is 25.4 Å². The molecule has 1 saturated heterocycles. The number of ether oxygens (including phenoxy) is 1. The highest BCUT2D eigenvalue weighted by Gasteiger charge is 2.23. The average Bonchev–Trinajstić information content (AvgIpc) is 2.78. The molecule has 1 aliphatic rings. The van der Waals surface area contributed by atoms with E-state index in [4.69, 9.17) is 4.74 Å². The minimum absolute atomic E-state index is 0.165. The van der Waals surface area contributed by atoms with Gasteiger partial charge in [0.1, 0.15) is 0 Å². The predicted octanol–water partition coefficient (Wildman–Crippen LogP) is 2.37. The second kappa shape index (κ2) is 6.48. The van der Waals surface area contributed by atoms with Crippen LogP contribution in [0.2, 0.25) is 0 Å². The van der Waals surface area contributed by atoms with E-state index in [2.05, 4.69) is 51.9 Å². The van der Waals surface area contributed by atoms with E-state index in [1.165, 1.54) is 9.35 Å². The first-order chi connectivity index (χ1) is 8.58. The lowest BCUT2D eigenvalue weighted by Crippen LogP contribution is -2.45. The smallest absolute Gasteiger partial charge is 0.0824 e. The van der Waals surface area contributed by atoms with E-state index in [1.54, 1.807) is 0 Å². The fraction of sp³-hybridized carbons (Fsp3) is 0.692. The molecule has 0 radical (unpaired) electrons. The fourth-order valence-electron chi connectivity index (χ4n) is 2.05. The van der Waals surface area contributed by atoms with E-state index < -0.39 is 0 Å². The minimum Gasteiger partial charge on any atom is -0.374 e. The lowest BCUT2D eigenvalue weighted by Gasteiger charge is -2.27. The fourth-order valence-corrected chi connectivity index (χ4v) is 3.61. The number of rotatable bonds is 5. The summed E-state index contributed by atoms with van der Waals surface area (Å²) in [6, 6.07) is 2.21. The Bertz CT molecular complexity index is 375. The van der Waals surface area contributed by atoms with Gasteiger partial charge in [-0.25, -0.2) is 0 Å². The molecule has 5 heteroatoms. The Kier molecular flexibility index (Phi) is 5.21. The van der Waals surface area contributed by atoms with Crippen LogP contribution >= 0.6 is 27.3 Å². The van der Waals surface area contributed by atoms with Gasteiger partial charge in [0.25, 0.3) is 0 Å². The van der Waals surface area contributed by atoms with Crippen LogP contribution in [-0.2, 0) is 10.2 Å². The molecule has 1 aromatic heterocycles. The van der Waals surface area contributed by atoms with Gasteiger partial charge in [-0.2, -0.15) is 0 Å². The Hall–Kier alpha value is 0.0600. The van der Waals surface area contributed by atoms with Gasteiger partial charge in [-0.1, -0.05) is 13.8 Å². The van der Waals surface area contributed by atoms with Crippen LogP contribution in [0, 0.1) is 0 Å². The van der Waals surface area contributed by atoms with Gasteiger partial charge in [0, 0.05) is 46.3 Å². The molecule has 0 amide bonds. The van der Waals surface area contributed by atoms with Crippen LogP contribution in [0.15, 0.2) is 15.9 Å². The van der Waals surface area contributed by atoms with Crippen LogP contribution in [-0.4, -0.2) is 38.9 Å². The third-order valence-electron chi connectivity index (χ3n) is 3.18. The Labute approximate surface area is 121 Å². The first-order valence-electron chi connectivity index (χ1n) is 6.35. The molecule has 2 heterocycles. The van der Waals surface area contributed by atoms with Crippen LogP contribution in [0.1, 0.15) is 18.7 Å². The molecule has 1 aromatic rings. The number of thiophene rings is 1. The van der Waals surface area contributed by atoms with E-state index >= 15 is 0 Å². The van der Waals surface area contributed by atoms with E-state index in [0.29, 0.717) is 6.10 Å². The third kappa shape index (κ3) is 4.03. The minimum atomic E-state index is 0.165. The van der Waals surface area contributed by atoms with Gasteiger partial charge in [-0.05, 0) is 22.0 Å².